The third kappa shape index (κ3) is 5.29. The number of unbranched alkanes of at least 4 members (excludes halogenated alkanes) is 2. The van der Waals surface area contributed by atoms with E-state index in [1.807, 2.05) is 6.07 Å². The standard InChI is InChI=1S/C15H23BrClN/c1-4-5-6-9-18(12(2)3)11-13-7-8-14(16)10-15(13)17/h7-8,10,12H,4-6,9,11H2,1-3H3. The minimum absolute atomic E-state index is 0.557. The summed E-state index contributed by atoms with van der Waals surface area (Å²) in [5.41, 5.74) is 1.21. The van der Waals surface area contributed by atoms with Crippen LogP contribution >= 0.6 is 27.5 Å². The number of hydrogen-bond acceptors (Lipinski definition) is 1. The van der Waals surface area contributed by atoms with Crippen molar-refractivity contribution < 1.29 is 0 Å². The lowest BCUT2D eigenvalue weighted by Crippen LogP contribution is -2.31. The molecular weight excluding hydrogens is 310 g/mol. The Labute approximate surface area is 125 Å². The van der Waals surface area contributed by atoms with Crippen LogP contribution in [0.15, 0.2) is 22.7 Å². The van der Waals surface area contributed by atoms with Gasteiger partial charge in [-0.15, -0.1) is 0 Å². The fourth-order valence-corrected chi connectivity index (χ4v) is 2.69. The molecule has 0 aliphatic carbocycles. The van der Waals surface area contributed by atoms with Gasteiger partial charge in [-0.25, -0.2) is 0 Å². The average Bonchev–Trinajstić information content (AvgIpc) is 2.30. The van der Waals surface area contributed by atoms with Gasteiger partial charge in [0.15, 0.2) is 0 Å². The van der Waals surface area contributed by atoms with Crippen molar-refractivity contribution in [1.29, 1.82) is 0 Å². The van der Waals surface area contributed by atoms with Gasteiger partial charge in [0.2, 0.25) is 0 Å². The lowest BCUT2D eigenvalue weighted by molar-refractivity contribution is 0.208. The molecule has 0 radical (unpaired) electrons. The molecule has 0 aromatic heterocycles. The Balaban J connectivity index is 2.64. The molecule has 18 heavy (non-hydrogen) atoms. The molecule has 1 rings (SSSR count). The summed E-state index contributed by atoms with van der Waals surface area (Å²) in [4.78, 5) is 2.49. The molecule has 1 nitrogen and oxygen atoms in total. The van der Waals surface area contributed by atoms with E-state index in [2.05, 4.69) is 53.7 Å². The molecule has 0 fully saturated rings. The highest BCUT2D eigenvalue weighted by Gasteiger charge is 2.11. The van der Waals surface area contributed by atoms with E-state index in [1.54, 1.807) is 0 Å². The SMILES string of the molecule is CCCCCN(Cc1ccc(Br)cc1Cl)C(C)C. The highest BCUT2D eigenvalue weighted by atomic mass is 79.9. The summed E-state index contributed by atoms with van der Waals surface area (Å²) in [6.45, 7) is 8.83. The molecule has 0 aliphatic heterocycles. The largest absolute Gasteiger partial charge is 0.297 e. The van der Waals surface area contributed by atoms with Crippen LogP contribution in [0.3, 0.4) is 0 Å². The van der Waals surface area contributed by atoms with Crippen LogP contribution < -0.4 is 0 Å². The van der Waals surface area contributed by atoms with Crippen LogP contribution in [0, 0.1) is 0 Å². The van der Waals surface area contributed by atoms with E-state index >= 15 is 0 Å². The lowest BCUT2D eigenvalue weighted by Gasteiger charge is -2.27. The summed E-state index contributed by atoms with van der Waals surface area (Å²) < 4.78 is 1.04. The van der Waals surface area contributed by atoms with Crippen LogP contribution in [0.4, 0.5) is 0 Å². The van der Waals surface area contributed by atoms with E-state index in [0.29, 0.717) is 6.04 Å². The maximum atomic E-state index is 6.28. The Kier molecular flexibility index (Phi) is 7.28. The highest BCUT2D eigenvalue weighted by molar-refractivity contribution is 9.10. The third-order valence-electron chi connectivity index (χ3n) is 3.17. The minimum Gasteiger partial charge on any atom is -0.297 e. The van der Waals surface area contributed by atoms with Crippen LogP contribution in [-0.4, -0.2) is 17.5 Å². The Morgan fingerprint density at radius 3 is 2.56 bits per heavy atom. The van der Waals surface area contributed by atoms with Gasteiger partial charge in [0.05, 0.1) is 0 Å². The Morgan fingerprint density at radius 2 is 2.00 bits per heavy atom. The van der Waals surface area contributed by atoms with Crippen LogP contribution in [0.2, 0.25) is 5.02 Å². The van der Waals surface area contributed by atoms with Gasteiger partial charge in [-0.2, -0.15) is 0 Å². The molecule has 3 heteroatoms. The van der Waals surface area contributed by atoms with Gasteiger partial charge < -0.3 is 0 Å². The van der Waals surface area contributed by atoms with Crippen LogP contribution in [0.25, 0.3) is 0 Å². The normalized spacial score (nSPS) is 11.5. The van der Waals surface area contributed by atoms with Crippen molar-refractivity contribution in [2.24, 2.45) is 0 Å². The number of rotatable bonds is 7. The van der Waals surface area contributed by atoms with Crippen LogP contribution in [0.1, 0.15) is 45.6 Å². The van der Waals surface area contributed by atoms with E-state index in [9.17, 15) is 0 Å². The first-order valence-corrected chi connectivity index (χ1v) is 7.89. The van der Waals surface area contributed by atoms with Gasteiger partial charge in [0, 0.05) is 22.1 Å². The molecular formula is C15H23BrClN. The summed E-state index contributed by atoms with van der Waals surface area (Å²) in [6.07, 6.45) is 3.84. The second-order valence-electron chi connectivity index (χ2n) is 5.01. The number of nitrogens with zero attached hydrogens (tertiary/aromatic N) is 1. The molecule has 0 N–H and O–H groups in total. The zero-order valence-corrected chi connectivity index (χ0v) is 13.9. The van der Waals surface area contributed by atoms with E-state index in [0.717, 1.165) is 22.6 Å². The molecule has 102 valence electrons. The molecule has 1 aromatic rings. The van der Waals surface area contributed by atoms with Crippen molar-refractivity contribution in [3.63, 3.8) is 0 Å². The Morgan fingerprint density at radius 1 is 1.28 bits per heavy atom. The molecule has 0 amide bonds. The van der Waals surface area contributed by atoms with Crippen molar-refractivity contribution in [3.8, 4) is 0 Å². The summed E-state index contributed by atoms with van der Waals surface area (Å²) in [5.74, 6) is 0. The van der Waals surface area contributed by atoms with E-state index in [4.69, 9.17) is 11.6 Å². The first-order chi connectivity index (χ1) is 8.54. The number of halogens is 2. The zero-order valence-electron chi connectivity index (χ0n) is 11.5. The quantitative estimate of drug-likeness (QED) is 0.596. The summed E-state index contributed by atoms with van der Waals surface area (Å²) in [7, 11) is 0. The van der Waals surface area contributed by atoms with Crippen molar-refractivity contribution in [3.05, 3.63) is 33.3 Å². The Hall–Kier alpha value is -0.0500. The predicted molar refractivity (Wildman–Crippen MR) is 84.2 cm³/mol. The number of hydrogen-bond donors (Lipinski definition) is 0. The second kappa shape index (κ2) is 8.19. The smallest absolute Gasteiger partial charge is 0.0462 e. The van der Waals surface area contributed by atoms with Gasteiger partial charge in [-0.3, -0.25) is 4.90 Å². The second-order valence-corrected chi connectivity index (χ2v) is 6.33. The fraction of sp³-hybridized carbons (Fsp3) is 0.600. The fourth-order valence-electron chi connectivity index (χ4n) is 1.95. The van der Waals surface area contributed by atoms with Crippen molar-refractivity contribution in [1.82, 2.24) is 4.90 Å². The minimum atomic E-state index is 0.557. The van der Waals surface area contributed by atoms with Gasteiger partial charge in [0.1, 0.15) is 0 Å². The van der Waals surface area contributed by atoms with Gasteiger partial charge in [-0.05, 0) is 44.5 Å². The molecule has 0 saturated carbocycles. The summed E-state index contributed by atoms with van der Waals surface area (Å²) in [6, 6.07) is 6.70. The van der Waals surface area contributed by atoms with Gasteiger partial charge in [-0.1, -0.05) is 53.4 Å². The molecule has 0 bridgehead atoms. The van der Waals surface area contributed by atoms with E-state index in [1.165, 1.54) is 24.8 Å². The zero-order chi connectivity index (χ0) is 13.5. The molecule has 0 atom stereocenters. The maximum absolute atomic E-state index is 6.28. The molecule has 0 aliphatic rings. The van der Waals surface area contributed by atoms with E-state index < -0.39 is 0 Å². The highest BCUT2D eigenvalue weighted by Crippen LogP contribution is 2.23. The first-order valence-electron chi connectivity index (χ1n) is 6.72. The first kappa shape index (κ1) is 16.0. The summed E-state index contributed by atoms with van der Waals surface area (Å²) in [5, 5.41) is 0.852. The summed E-state index contributed by atoms with van der Waals surface area (Å²) >= 11 is 9.73. The third-order valence-corrected chi connectivity index (χ3v) is 4.01. The van der Waals surface area contributed by atoms with Crippen molar-refractivity contribution >= 4 is 27.5 Å². The lowest BCUT2D eigenvalue weighted by atomic mass is 10.1. The predicted octanol–water partition coefficient (Wildman–Crippen LogP) is 5.50. The molecule has 0 spiro atoms. The molecule has 1 aromatic carbocycles. The van der Waals surface area contributed by atoms with Crippen LogP contribution in [-0.2, 0) is 6.54 Å². The molecule has 0 saturated heterocycles. The van der Waals surface area contributed by atoms with Crippen molar-refractivity contribution in [2.75, 3.05) is 6.54 Å². The monoisotopic (exact) mass is 331 g/mol. The van der Waals surface area contributed by atoms with E-state index in [-0.39, 0.29) is 0 Å². The molecule has 0 heterocycles. The topological polar surface area (TPSA) is 3.24 Å². The Bertz CT molecular complexity index is 366. The number of benzene rings is 1. The molecule has 0 unspecified atom stereocenters. The average molecular weight is 333 g/mol. The maximum Gasteiger partial charge on any atom is 0.0462 e. The van der Waals surface area contributed by atoms with Gasteiger partial charge in [0.25, 0.3) is 0 Å². The van der Waals surface area contributed by atoms with Gasteiger partial charge >= 0.3 is 0 Å². The van der Waals surface area contributed by atoms with Crippen molar-refractivity contribution in [2.45, 2.75) is 52.6 Å². The van der Waals surface area contributed by atoms with Crippen LogP contribution in [0.5, 0.6) is 0 Å².